The molecule has 0 radical (unpaired) electrons. The van der Waals surface area contributed by atoms with Crippen LogP contribution in [0.1, 0.15) is 25.3 Å². The number of hydrogen-bond donors (Lipinski definition) is 1. The number of sulfonamides is 1. The Morgan fingerprint density at radius 1 is 1.25 bits per heavy atom. The van der Waals surface area contributed by atoms with Gasteiger partial charge in [-0.25, -0.2) is 8.42 Å². The van der Waals surface area contributed by atoms with E-state index in [1.54, 1.807) is 36.4 Å². The van der Waals surface area contributed by atoms with Gasteiger partial charge in [0.1, 0.15) is 0 Å². The molecular weight excluding hydrogens is 274 g/mol. The van der Waals surface area contributed by atoms with Crippen LogP contribution in [0, 0.1) is 6.92 Å². The first-order chi connectivity index (χ1) is 9.45. The van der Waals surface area contributed by atoms with E-state index in [1.807, 2.05) is 13.8 Å². The number of aliphatic hydroxyl groups is 1. The van der Waals surface area contributed by atoms with Gasteiger partial charge in [0.15, 0.2) is 0 Å². The highest BCUT2D eigenvalue weighted by molar-refractivity contribution is 7.89. The highest BCUT2D eigenvalue weighted by atomic mass is 32.2. The average Bonchev–Trinajstić information content (AvgIpc) is 2.41. The van der Waals surface area contributed by atoms with Gasteiger partial charge in [-0.15, -0.1) is 0 Å². The van der Waals surface area contributed by atoms with Crippen LogP contribution in [0.5, 0.6) is 0 Å². The monoisotopic (exact) mass is 295 g/mol. The summed E-state index contributed by atoms with van der Waals surface area (Å²) in [5.74, 6) is 0. The first kappa shape index (κ1) is 15.2. The van der Waals surface area contributed by atoms with Gasteiger partial charge in [0, 0.05) is 12.6 Å². The number of nitrogens with zero attached hydrogens (tertiary/aromatic N) is 1. The zero-order valence-electron chi connectivity index (χ0n) is 11.9. The summed E-state index contributed by atoms with van der Waals surface area (Å²) in [4.78, 5) is 0.284. The van der Waals surface area contributed by atoms with Crippen LogP contribution in [0.15, 0.2) is 41.3 Å². The first-order valence-electron chi connectivity index (χ1n) is 6.90. The molecule has 1 aromatic rings. The van der Waals surface area contributed by atoms with E-state index >= 15 is 0 Å². The van der Waals surface area contributed by atoms with Gasteiger partial charge in [-0.1, -0.05) is 43.2 Å². The highest BCUT2D eigenvalue weighted by Gasteiger charge is 2.33. The van der Waals surface area contributed by atoms with E-state index in [4.69, 9.17) is 0 Å². The maximum absolute atomic E-state index is 12.7. The molecule has 0 aliphatic carbocycles. The Labute approximate surface area is 120 Å². The van der Waals surface area contributed by atoms with E-state index in [9.17, 15) is 13.5 Å². The van der Waals surface area contributed by atoms with Crippen LogP contribution in [0.4, 0.5) is 0 Å². The van der Waals surface area contributed by atoms with E-state index in [-0.39, 0.29) is 17.5 Å². The lowest BCUT2D eigenvalue weighted by Crippen LogP contribution is -2.46. The molecule has 110 valence electrons. The summed E-state index contributed by atoms with van der Waals surface area (Å²) in [5, 5.41) is 9.73. The summed E-state index contributed by atoms with van der Waals surface area (Å²) < 4.78 is 26.8. The molecule has 2 atom stereocenters. The van der Waals surface area contributed by atoms with Crippen LogP contribution in [0.2, 0.25) is 0 Å². The second kappa shape index (κ2) is 6.08. The second-order valence-electron chi connectivity index (χ2n) is 5.20. The predicted molar refractivity (Wildman–Crippen MR) is 78.9 cm³/mol. The molecule has 1 aromatic carbocycles. The Balaban J connectivity index is 2.35. The molecule has 1 heterocycles. The van der Waals surface area contributed by atoms with Crippen molar-refractivity contribution in [2.75, 3.05) is 6.54 Å². The summed E-state index contributed by atoms with van der Waals surface area (Å²) >= 11 is 0. The van der Waals surface area contributed by atoms with Gasteiger partial charge in [0.25, 0.3) is 0 Å². The zero-order valence-corrected chi connectivity index (χ0v) is 12.7. The number of aryl methyl sites for hydroxylation is 1. The largest absolute Gasteiger partial charge is 0.388 e. The average molecular weight is 295 g/mol. The Bertz CT molecular complexity index is 578. The van der Waals surface area contributed by atoms with Crippen molar-refractivity contribution in [2.45, 2.75) is 43.7 Å². The molecule has 0 fully saturated rings. The predicted octanol–water partition coefficient (Wildman–Crippen LogP) is 2.09. The van der Waals surface area contributed by atoms with Gasteiger partial charge in [0.05, 0.1) is 11.0 Å². The molecule has 2 rings (SSSR count). The van der Waals surface area contributed by atoms with Gasteiger partial charge in [0.2, 0.25) is 10.0 Å². The zero-order chi connectivity index (χ0) is 14.8. The quantitative estimate of drug-likeness (QED) is 0.865. The van der Waals surface area contributed by atoms with Crippen molar-refractivity contribution in [1.82, 2.24) is 4.31 Å². The normalized spacial score (nSPS) is 23.9. The minimum atomic E-state index is -3.56. The minimum Gasteiger partial charge on any atom is -0.388 e. The lowest BCUT2D eigenvalue weighted by Gasteiger charge is -2.33. The third-order valence-electron chi connectivity index (χ3n) is 3.50. The number of β-amino-alcohol motifs (C(OH)–C–C–N with tert-alkyl or cyclic N) is 1. The molecular formula is C15H21NO3S. The fourth-order valence-corrected chi connectivity index (χ4v) is 4.02. The maximum Gasteiger partial charge on any atom is 0.243 e. The maximum atomic E-state index is 12.7. The minimum absolute atomic E-state index is 0.122. The molecule has 0 amide bonds. The van der Waals surface area contributed by atoms with Crippen LogP contribution in [0.25, 0.3) is 0 Å². The summed E-state index contributed by atoms with van der Waals surface area (Å²) in [6.07, 6.45) is 4.40. The third-order valence-corrected chi connectivity index (χ3v) is 5.41. The van der Waals surface area contributed by atoms with Crippen LogP contribution >= 0.6 is 0 Å². The molecule has 1 aliphatic heterocycles. The number of benzene rings is 1. The molecule has 4 nitrogen and oxygen atoms in total. The van der Waals surface area contributed by atoms with Crippen LogP contribution in [-0.2, 0) is 10.0 Å². The molecule has 1 aliphatic rings. The van der Waals surface area contributed by atoms with Crippen LogP contribution in [0.3, 0.4) is 0 Å². The van der Waals surface area contributed by atoms with E-state index in [2.05, 4.69) is 0 Å². The molecule has 0 bridgehead atoms. The summed E-state index contributed by atoms with van der Waals surface area (Å²) in [5.41, 5.74) is 1.02. The Morgan fingerprint density at radius 2 is 1.90 bits per heavy atom. The lowest BCUT2D eigenvalue weighted by atomic mass is 10.1. The topological polar surface area (TPSA) is 57.6 Å². The van der Waals surface area contributed by atoms with Crippen molar-refractivity contribution in [3.8, 4) is 0 Å². The van der Waals surface area contributed by atoms with Gasteiger partial charge in [-0.3, -0.25) is 0 Å². The Kier molecular flexibility index (Phi) is 4.62. The summed E-state index contributed by atoms with van der Waals surface area (Å²) in [6, 6.07) is 6.65. The molecule has 0 unspecified atom stereocenters. The SMILES string of the molecule is CCC[C@@H]1C=C[C@H](O)CN1S(=O)(=O)c1ccc(C)cc1. The molecule has 20 heavy (non-hydrogen) atoms. The van der Waals surface area contributed by atoms with E-state index in [1.165, 1.54) is 4.31 Å². The number of rotatable bonds is 4. The van der Waals surface area contributed by atoms with Crippen molar-refractivity contribution in [3.05, 3.63) is 42.0 Å². The van der Waals surface area contributed by atoms with Crippen molar-refractivity contribution < 1.29 is 13.5 Å². The molecule has 0 spiro atoms. The van der Waals surface area contributed by atoms with Gasteiger partial charge in [-0.05, 0) is 25.5 Å². The second-order valence-corrected chi connectivity index (χ2v) is 7.09. The van der Waals surface area contributed by atoms with Gasteiger partial charge >= 0.3 is 0 Å². The van der Waals surface area contributed by atoms with Gasteiger partial charge < -0.3 is 5.11 Å². The summed E-state index contributed by atoms with van der Waals surface area (Å²) in [6.45, 7) is 4.07. The van der Waals surface area contributed by atoms with Crippen molar-refractivity contribution in [2.24, 2.45) is 0 Å². The van der Waals surface area contributed by atoms with Crippen LogP contribution in [-0.4, -0.2) is 36.5 Å². The lowest BCUT2D eigenvalue weighted by molar-refractivity contribution is 0.163. The third kappa shape index (κ3) is 3.11. The highest BCUT2D eigenvalue weighted by Crippen LogP contribution is 2.24. The molecule has 5 heteroatoms. The fourth-order valence-electron chi connectivity index (χ4n) is 2.39. The smallest absolute Gasteiger partial charge is 0.243 e. The van der Waals surface area contributed by atoms with Crippen molar-refractivity contribution >= 4 is 10.0 Å². The molecule has 0 aromatic heterocycles. The van der Waals surface area contributed by atoms with E-state index in [0.29, 0.717) is 0 Å². The molecule has 0 saturated heterocycles. The molecule has 1 N–H and O–H groups in total. The van der Waals surface area contributed by atoms with Crippen molar-refractivity contribution in [3.63, 3.8) is 0 Å². The number of aliphatic hydroxyl groups excluding tert-OH is 1. The standard InChI is InChI=1S/C15H21NO3S/c1-3-4-13-7-8-14(17)11-16(13)20(18,19)15-9-5-12(2)6-10-15/h5-10,13-14,17H,3-4,11H2,1-2H3/t13-,14+/m1/s1. The van der Waals surface area contributed by atoms with Gasteiger partial charge in [-0.2, -0.15) is 4.31 Å². The molecule has 0 saturated carbocycles. The summed E-state index contributed by atoms with van der Waals surface area (Å²) in [7, 11) is -3.56. The van der Waals surface area contributed by atoms with E-state index in [0.717, 1.165) is 18.4 Å². The Hall–Kier alpha value is -1.17. The van der Waals surface area contributed by atoms with E-state index < -0.39 is 16.1 Å². The van der Waals surface area contributed by atoms with Crippen LogP contribution < -0.4 is 0 Å². The first-order valence-corrected chi connectivity index (χ1v) is 8.34. The fraction of sp³-hybridized carbons (Fsp3) is 0.467. The Morgan fingerprint density at radius 3 is 2.50 bits per heavy atom. The van der Waals surface area contributed by atoms with Crippen molar-refractivity contribution in [1.29, 1.82) is 0 Å². The number of hydrogen-bond acceptors (Lipinski definition) is 3.